The molecule has 132 valence electrons. The molecule has 9 heteroatoms. The molecule has 1 heterocycles. The summed E-state index contributed by atoms with van der Waals surface area (Å²) in [5, 5.41) is 4.46. The maximum absolute atomic E-state index is 12.5. The maximum atomic E-state index is 12.5. The van der Waals surface area contributed by atoms with Gasteiger partial charge < -0.3 is 4.52 Å². The van der Waals surface area contributed by atoms with Crippen molar-refractivity contribution in [1.29, 1.82) is 0 Å². The lowest BCUT2D eigenvalue weighted by Gasteiger charge is -2.19. The van der Waals surface area contributed by atoms with Gasteiger partial charge in [0.15, 0.2) is 0 Å². The van der Waals surface area contributed by atoms with Crippen molar-refractivity contribution in [3.05, 3.63) is 35.7 Å². The minimum atomic E-state index is -4.69. The molecule has 0 saturated heterocycles. The van der Waals surface area contributed by atoms with Gasteiger partial charge >= 0.3 is 12.1 Å². The van der Waals surface area contributed by atoms with E-state index in [2.05, 4.69) is 20.6 Å². The van der Waals surface area contributed by atoms with E-state index in [0.717, 1.165) is 5.06 Å². The Morgan fingerprint density at radius 1 is 1.36 bits per heavy atom. The van der Waals surface area contributed by atoms with Crippen LogP contribution < -0.4 is 0 Å². The Morgan fingerprint density at radius 2 is 2.04 bits per heavy atom. The number of halogens is 3. The van der Waals surface area contributed by atoms with E-state index in [0.29, 0.717) is 17.5 Å². The van der Waals surface area contributed by atoms with Gasteiger partial charge in [0.25, 0.3) is 0 Å². The van der Waals surface area contributed by atoms with Crippen LogP contribution >= 0.6 is 0 Å². The van der Waals surface area contributed by atoms with Crippen LogP contribution in [0.15, 0.2) is 28.8 Å². The number of aromatic nitrogens is 2. The Hall–Kier alpha value is -2.86. The van der Waals surface area contributed by atoms with Crippen LogP contribution in [-0.2, 0) is 22.4 Å². The van der Waals surface area contributed by atoms with Gasteiger partial charge in [-0.15, -0.1) is 12.3 Å². The van der Waals surface area contributed by atoms with Crippen molar-refractivity contribution < 1.29 is 27.3 Å². The summed E-state index contributed by atoms with van der Waals surface area (Å²) in [6.45, 7) is 0.167. The number of carbonyl (C=O) groups excluding carboxylic acids is 1. The normalized spacial score (nSPS) is 11.2. The highest BCUT2D eigenvalue weighted by molar-refractivity contribution is 5.75. The van der Waals surface area contributed by atoms with E-state index in [1.165, 1.54) is 19.2 Å². The molecule has 0 bridgehead atoms. The summed E-state index contributed by atoms with van der Waals surface area (Å²) in [6, 6.07) is 6.30. The summed E-state index contributed by atoms with van der Waals surface area (Å²) in [4.78, 5) is 20.2. The Bertz CT molecular complexity index is 763. The number of hydroxylamine groups is 2. The summed E-state index contributed by atoms with van der Waals surface area (Å²) < 4.78 is 41.6. The number of terminal acetylenes is 1. The van der Waals surface area contributed by atoms with E-state index >= 15 is 0 Å². The van der Waals surface area contributed by atoms with Crippen molar-refractivity contribution in [2.75, 3.05) is 7.11 Å². The number of hydrogen-bond donors (Lipinski definition) is 0. The highest BCUT2D eigenvalue weighted by Crippen LogP contribution is 2.29. The molecule has 0 N–H and O–H groups in total. The molecule has 1 aromatic carbocycles. The molecule has 1 aromatic heterocycles. The van der Waals surface area contributed by atoms with Crippen LogP contribution in [0, 0.1) is 12.3 Å². The van der Waals surface area contributed by atoms with Gasteiger partial charge in [-0.1, -0.05) is 29.4 Å². The molecule has 2 aromatic rings. The molecular weight excluding hydrogens is 339 g/mol. The molecule has 0 fully saturated rings. The van der Waals surface area contributed by atoms with Gasteiger partial charge in [-0.25, -0.2) is 5.06 Å². The first kappa shape index (κ1) is 18.5. The molecule has 2 rings (SSSR count). The van der Waals surface area contributed by atoms with Crippen molar-refractivity contribution in [2.24, 2.45) is 0 Å². The van der Waals surface area contributed by atoms with Crippen molar-refractivity contribution in [1.82, 2.24) is 15.2 Å². The van der Waals surface area contributed by atoms with Crippen LogP contribution in [0.2, 0.25) is 0 Å². The lowest BCUT2D eigenvalue weighted by molar-refractivity contribution is -0.179. The molecular formula is C16H14F3N3O3. The predicted octanol–water partition coefficient (Wildman–Crippen LogP) is 3.06. The van der Waals surface area contributed by atoms with Crippen LogP contribution in [0.1, 0.15) is 24.3 Å². The minimum absolute atomic E-state index is 0.158. The molecule has 0 atom stereocenters. The number of hydrogen-bond acceptors (Lipinski definition) is 5. The summed E-state index contributed by atoms with van der Waals surface area (Å²) in [5.41, 5.74) is 1.06. The zero-order valence-electron chi connectivity index (χ0n) is 13.2. The first-order valence-corrected chi connectivity index (χ1v) is 7.13. The molecule has 0 aliphatic carbocycles. The van der Waals surface area contributed by atoms with Crippen LogP contribution in [0.5, 0.6) is 0 Å². The van der Waals surface area contributed by atoms with Crippen molar-refractivity contribution in [3.8, 4) is 23.7 Å². The average molecular weight is 353 g/mol. The van der Waals surface area contributed by atoms with Crippen molar-refractivity contribution in [2.45, 2.75) is 25.6 Å². The third kappa shape index (κ3) is 4.81. The zero-order valence-corrected chi connectivity index (χ0v) is 13.2. The van der Waals surface area contributed by atoms with Crippen molar-refractivity contribution >= 4 is 5.91 Å². The highest BCUT2D eigenvalue weighted by Gasteiger charge is 2.38. The standard InChI is InChI=1S/C16H14F3N3O3/c1-3-4-5-13(23)22(24-2)10-11-6-8-12(9-7-11)14-20-15(25-21-14)16(17,18)19/h1,6-9H,4-5,10H2,2H3. The number of carbonyl (C=O) groups is 1. The van der Waals surface area contributed by atoms with Gasteiger partial charge in [0.05, 0.1) is 13.7 Å². The third-order valence-electron chi connectivity index (χ3n) is 3.19. The van der Waals surface area contributed by atoms with E-state index in [4.69, 9.17) is 11.3 Å². The number of alkyl halides is 3. The Morgan fingerprint density at radius 3 is 2.56 bits per heavy atom. The van der Waals surface area contributed by atoms with Crippen LogP contribution in [0.3, 0.4) is 0 Å². The SMILES string of the molecule is C#CCCC(=O)N(Cc1ccc(-c2noc(C(F)(F)F)n2)cc1)OC. The second-order valence-electron chi connectivity index (χ2n) is 4.93. The molecule has 0 radical (unpaired) electrons. The van der Waals surface area contributed by atoms with Crippen LogP contribution in [0.25, 0.3) is 11.4 Å². The molecule has 0 spiro atoms. The first-order chi connectivity index (χ1) is 11.8. The quantitative estimate of drug-likeness (QED) is 0.590. The molecule has 25 heavy (non-hydrogen) atoms. The number of benzene rings is 1. The smallest absolute Gasteiger partial charge is 0.329 e. The summed E-state index contributed by atoms with van der Waals surface area (Å²) in [6.07, 6.45) is 0.889. The zero-order chi connectivity index (χ0) is 18.4. The van der Waals surface area contributed by atoms with E-state index in [1.54, 1.807) is 12.1 Å². The fourth-order valence-electron chi connectivity index (χ4n) is 1.94. The lowest BCUT2D eigenvalue weighted by Crippen LogP contribution is -2.29. The monoisotopic (exact) mass is 353 g/mol. The van der Waals surface area contributed by atoms with E-state index < -0.39 is 12.1 Å². The predicted molar refractivity (Wildman–Crippen MR) is 80.4 cm³/mol. The van der Waals surface area contributed by atoms with Gasteiger partial charge in [-0.3, -0.25) is 9.63 Å². The largest absolute Gasteiger partial charge is 0.471 e. The molecule has 0 unspecified atom stereocenters. The summed E-state index contributed by atoms with van der Waals surface area (Å²) in [7, 11) is 1.36. The Kier molecular flexibility index (Phi) is 5.77. The van der Waals surface area contributed by atoms with E-state index in [-0.39, 0.29) is 24.7 Å². The first-order valence-electron chi connectivity index (χ1n) is 7.13. The second kappa shape index (κ2) is 7.81. The van der Waals surface area contributed by atoms with Gasteiger partial charge in [0.2, 0.25) is 11.7 Å². The van der Waals surface area contributed by atoms with Crippen LogP contribution in [-0.4, -0.2) is 28.2 Å². The Balaban J connectivity index is 2.08. The fourth-order valence-corrected chi connectivity index (χ4v) is 1.94. The number of rotatable bonds is 6. The average Bonchev–Trinajstić information content (AvgIpc) is 3.08. The van der Waals surface area contributed by atoms with Crippen molar-refractivity contribution in [3.63, 3.8) is 0 Å². The molecule has 0 aliphatic rings. The fraction of sp³-hybridized carbons (Fsp3) is 0.312. The summed E-state index contributed by atoms with van der Waals surface area (Å²) >= 11 is 0. The Labute approximate surface area is 141 Å². The van der Waals surface area contributed by atoms with Gasteiger partial charge in [0, 0.05) is 18.4 Å². The highest BCUT2D eigenvalue weighted by atomic mass is 19.4. The molecule has 0 saturated carbocycles. The van der Waals surface area contributed by atoms with Gasteiger partial charge in [-0.2, -0.15) is 18.2 Å². The molecule has 0 aliphatic heterocycles. The van der Waals surface area contributed by atoms with Gasteiger partial charge in [-0.05, 0) is 5.56 Å². The maximum Gasteiger partial charge on any atom is 0.471 e. The third-order valence-corrected chi connectivity index (χ3v) is 3.19. The van der Waals surface area contributed by atoms with Gasteiger partial charge in [0.1, 0.15) is 0 Å². The topological polar surface area (TPSA) is 68.5 Å². The molecule has 6 nitrogen and oxygen atoms in total. The lowest BCUT2D eigenvalue weighted by atomic mass is 10.1. The summed E-state index contributed by atoms with van der Waals surface area (Å²) in [5.74, 6) is 0.528. The van der Waals surface area contributed by atoms with E-state index in [9.17, 15) is 18.0 Å². The number of nitrogens with zero attached hydrogens (tertiary/aromatic N) is 3. The molecule has 1 amide bonds. The number of amides is 1. The van der Waals surface area contributed by atoms with Crippen LogP contribution in [0.4, 0.5) is 13.2 Å². The second-order valence-corrected chi connectivity index (χ2v) is 4.93. The van der Waals surface area contributed by atoms with E-state index in [1.807, 2.05) is 0 Å². The minimum Gasteiger partial charge on any atom is -0.329 e.